The quantitative estimate of drug-likeness (QED) is 0.604. The van der Waals surface area contributed by atoms with Crippen molar-refractivity contribution in [1.29, 1.82) is 0 Å². The van der Waals surface area contributed by atoms with Gasteiger partial charge in [0.2, 0.25) is 10.0 Å². The Balaban J connectivity index is 1.93. The smallest absolute Gasteiger partial charge is 0.269 e. The molecule has 0 aliphatic carbocycles. The van der Waals surface area contributed by atoms with Gasteiger partial charge in [0.05, 0.1) is 10.7 Å². The zero-order valence-corrected chi connectivity index (χ0v) is 14.1. The Morgan fingerprint density at radius 3 is 2.65 bits per heavy atom. The van der Waals surface area contributed by atoms with Gasteiger partial charge in [0, 0.05) is 24.7 Å². The summed E-state index contributed by atoms with van der Waals surface area (Å²) in [5, 5.41) is 10.8. The number of nitrogens with zero attached hydrogens (tertiary/aromatic N) is 2. The fraction of sp³-hybridized carbons (Fsp3) is 0.600. The Labute approximate surface area is 136 Å². The largest absolute Gasteiger partial charge is 0.302 e. The lowest BCUT2D eigenvalue weighted by atomic mass is 10.1. The molecule has 0 radical (unpaired) electrons. The molecule has 0 aromatic heterocycles. The van der Waals surface area contributed by atoms with Gasteiger partial charge in [-0.05, 0) is 38.4 Å². The van der Waals surface area contributed by atoms with Gasteiger partial charge in [0.1, 0.15) is 0 Å². The Kier molecular flexibility index (Phi) is 6.09. The van der Waals surface area contributed by atoms with E-state index >= 15 is 0 Å². The zero-order valence-electron chi connectivity index (χ0n) is 13.3. The van der Waals surface area contributed by atoms with Crippen molar-refractivity contribution in [3.63, 3.8) is 0 Å². The standard InChI is InChI=1S/C15H23N3O4S/c1-13(11-17-8-3-2-4-9-17)16-23(21,22)12-14-6-5-7-15(10-14)18(19)20/h5-7,10,13,16H,2-4,8-9,11-12H2,1H3/t13-/m1/s1. The first-order valence-corrected chi connectivity index (χ1v) is 9.47. The van der Waals surface area contributed by atoms with Crippen LogP contribution in [0.3, 0.4) is 0 Å². The molecule has 0 bridgehead atoms. The van der Waals surface area contributed by atoms with Crippen LogP contribution in [0.15, 0.2) is 24.3 Å². The van der Waals surface area contributed by atoms with E-state index < -0.39 is 14.9 Å². The average molecular weight is 341 g/mol. The third kappa shape index (κ3) is 5.89. The van der Waals surface area contributed by atoms with Crippen LogP contribution in [-0.2, 0) is 15.8 Å². The van der Waals surface area contributed by atoms with Gasteiger partial charge in [-0.3, -0.25) is 10.1 Å². The maximum atomic E-state index is 12.2. The highest BCUT2D eigenvalue weighted by Gasteiger charge is 2.19. The van der Waals surface area contributed by atoms with E-state index in [2.05, 4.69) is 9.62 Å². The van der Waals surface area contributed by atoms with Crippen LogP contribution >= 0.6 is 0 Å². The minimum absolute atomic E-state index is 0.0981. The van der Waals surface area contributed by atoms with Crippen LogP contribution in [0.1, 0.15) is 31.7 Å². The van der Waals surface area contributed by atoms with Gasteiger partial charge in [-0.2, -0.15) is 0 Å². The molecule has 1 aromatic carbocycles. The lowest BCUT2D eigenvalue weighted by Gasteiger charge is -2.29. The van der Waals surface area contributed by atoms with E-state index in [1.807, 2.05) is 6.92 Å². The number of benzene rings is 1. The first-order chi connectivity index (χ1) is 10.9. The summed E-state index contributed by atoms with van der Waals surface area (Å²) in [5.41, 5.74) is 0.316. The monoisotopic (exact) mass is 341 g/mol. The first-order valence-electron chi connectivity index (χ1n) is 7.81. The second-order valence-corrected chi connectivity index (χ2v) is 7.82. The van der Waals surface area contributed by atoms with E-state index in [0.717, 1.165) is 25.9 Å². The van der Waals surface area contributed by atoms with Crippen LogP contribution in [0.25, 0.3) is 0 Å². The van der Waals surface area contributed by atoms with E-state index in [9.17, 15) is 18.5 Å². The van der Waals surface area contributed by atoms with E-state index in [0.29, 0.717) is 12.1 Å². The third-order valence-corrected chi connectivity index (χ3v) is 5.31. The topological polar surface area (TPSA) is 92.6 Å². The van der Waals surface area contributed by atoms with E-state index in [4.69, 9.17) is 0 Å². The van der Waals surface area contributed by atoms with Crippen LogP contribution in [0, 0.1) is 10.1 Å². The molecule has 1 aliphatic heterocycles. The van der Waals surface area contributed by atoms with Crippen LogP contribution < -0.4 is 4.72 Å². The number of rotatable bonds is 7. The summed E-state index contributed by atoms with van der Waals surface area (Å²) in [6.07, 6.45) is 3.56. The van der Waals surface area contributed by atoms with Crippen molar-refractivity contribution >= 4 is 15.7 Å². The Hall–Kier alpha value is -1.51. The van der Waals surface area contributed by atoms with Crippen molar-refractivity contribution in [1.82, 2.24) is 9.62 Å². The normalized spacial score (nSPS) is 17.8. The maximum Gasteiger partial charge on any atom is 0.269 e. The molecular formula is C15H23N3O4S. The summed E-state index contributed by atoms with van der Waals surface area (Å²) >= 11 is 0. The number of nitro benzene ring substituents is 1. The predicted molar refractivity (Wildman–Crippen MR) is 88.6 cm³/mol. The van der Waals surface area contributed by atoms with Gasteiger partial charge < -0.3 is 4.90 Å². The number of hydrogen-bond donors (Lipinski definition) is 1. The molecular weight excluding hydrogens is 318 g/mol. The second kappa shape index (κ2) is 7.85. The van der Waals surface area contributed by atoms with Crippen molar-refractivity contribution < 1.29 is 13.3 Å². The maximum absolute atomic E-state index is 12.2. The first kappa shape index (κ1) is 17.8. The number of nitro groups is 1. The van der Waals surface area contributed by atoms with Crippen molar-refractivity contribution in [3.8, 4) is 0 Å². The van der Waals surface area contributed by atoms with Gasteiger partial charge in [0.15, 0.2) is 0 Å². The molecule has 0 unspecified atom stereocenters. The highest BCUT2D eigenvalue weighted by Crippen LogP contribution is 2.15. The summed E-state index contributed by atoms with van der Waals surface area (Å²) in [4.78, 5) is 12.5. The highest BCUT2D eigenvalue weighted by atomic mass is 32.2. The minimum Gasteiger partial charge on any atom is -0.302 e. The van der Waals surface area contributed by atoms with Crippen molar-refractivity contribution in [2.45, 2.75) is 38.0 Å². The molecule has 1 saturated heterocycles. The molecule has 0 amide bonds. The van der Waals surface area contributed by atoms with Crippen molar-refractivity contribution in [2.75, 3.05) is 19.6 Å². The molecule has 0 saturated carbocycles. The van der Waals surface area contributed by atoms with Gasteiger partial charge in [-0.25, -0.2) is 13.1 Å². The minimum atomic E-state index is -3.53. The Morgan fingerprint density at radius 2 is 2.00 bits per heavy atom. The summed E-state index contributed by atoms with van der Waals surface area (Å²) in [6.45, 7) is 4.56. The molecule has 128 valence electrons. The number of nitrogens with one attached hydrogen (secondary N) is 1. The predicted octanol–water partition coefficient (Wildman–Crippen LogP) is 1.89. The molecule has 2 rings (SSSR count). The molecule has 1 aromatic rings. The van der Waals surface area contributed by atoms with Gasteiger partial charge in [-0.1, -0.05) is 18.6 Å². The van der Waals surface area contributed by atoms with Crippen molar-refractivity contribution in [3.05, 3.63) is 39.9 Å². The summed E-state index contributed by atoms with van der Waals surface area (Å²) in [5.74, 6) is -0.251. The fourth-order valence-electron chi connectivity index (χ4n) is 2.89. The van der Waals surface area contributed by atoms with E-state index in [1.54, 1.807) is 6.07 Å². The molecule has 7 nitrogen and oxygen atoms in total. The Morgan fingerprint density at radius 1 is 1.30 bits per heavy atom. The number of sulfonamides is 1. The van der Waals surface area contributed by atoms with Crippen molar-refractivity contribution in [2.24, 2.45) is 0 Å². The molecule has 1 aliphatic rings. The number of hydrogen-bond acceptors (Lipinski definition) is 5. The summed E-state index contributed by atoms with van der Waals surface area (Å²) < 4.78 is 27.1. The molecule has 1 heterocycles. The highest BCUT2D eigenvalue weighted by molar-refractivity contribution is 7.88. The van der Waals surface area contributed by atoms with Crippen LogP contribution in [0.5, 0.6) is 0 Å². The van der Waals surface area contributed by atoms with Gasteiger partial charge in [0.25, 0.3) is 5.69 Å². The molecule has 1 atom stereocenters. The third-order valence-electron chi connectivity index (χ3n) is 3.84. The molecule has 1 fully saturated rings. The lowest BCUT2D eigenvalue weighted by molar-refractivity contribution is -0.384. The lowest BCUT2D eigenvalue weighted by Crippen LogP contribution is -2.43. The molecule has 1 N–H and O–H groups in total. The van der Waals surface area contributed by atoms with E-state index in [-0.39, 0.29) is 17.5 Å². The fourth-order valence-corrected chi connectivity index (χ4v) is 4.28. The number of piperidine rings is 1. The molecule has 0 spiro atoms. The van der Waals surface area contributed by atoms with Crippen LogP contribution in [0.2, 0.25) is 0 Å². The summed E-state index contributed by atoms with van der Waals surface area (Å²) in [6, 6.07) is 5.55. The van der Waals surface area contributed by atoms with Gasteiger partial charge in [-0.15, -0.1) is 0 Å². The zero-order chi connectivity index (χ0) is 16.9. The number of likely N-dealkylation sites (tertiary alicyclic amines) is 1. The van der Waals surface area contributed by atoms with Crippen LogP contribution in [-0.4, -0.2) is 43.9 Å². The second-order valence-electron chi connectivity index (χ2n) is 6.07. The molecule has 23 heavy (non-hydrogen) atoms. The number of non-ortho nitro benzene ring substituents is 1. The average Bonchev–Trinajstić information content (AvgIpc) is 2.47. The Bertz CT molecular complexity index is 642. The van der Waals surface area contributed by atoms with E-state index in [1.165, 1.54) is 24.6 Å². The summed E-state index contributed by atoms with van der Waals surface area (Å²) in [7, 11) is -3.53. The SMILES string of the molecule is C[C@H](CN1CCCCC1)NS(=O)(=O)Cc1cccc([N+](=O)[O-])c1. The van der Waals surface area contributed by atoms with Gasteiger partial charge >= 0.3 is 0 Å². The van der Waals surface area contributed by atoms with Crippen LogP contribution in [0.4, 0.5) is 5.69 Å². The molecule has 8 heteroatoms.